The lowest BCUT2D eigenvalue weighted by Crippen LogP contribution is -2.22. The van der Waals surface area contributed by atoms with Crippen molar-refractivity contribution in [2.45, 2.75) is 13.5 Å². The molecular formula is C14H14N4O2S. The fourth-order valence-electron chi connectivity index (χ4n) is 2.08. The Hall–Kier alpha value is -2.41. The molecule has 3 aromatic rings. The van der Waals surface area contributed by atoms with Gasteiger partial charge in [0.15, 0.2) is 5.01 Å². The Morgan fingerprint density at radius 3 is 3.05 bits per heavy atom. The molecule has 2 heterocycles. The second kappa shape index (κ2) is 5.53. The van der Waals surface area contributed by atoms with Gasteiger partial charge in [0.1, 0.15) is 5.01 Å². The zero-order valence-electron chi connectivity index (χ0n) is 11.6. The molecule has 0 aliphatic heterocycles. The second-order valence-corrected chi connectivity index (χ2v) is 5.63. The van der Waals surface area contributed by atoms with Crippen LogP contribution in [0.25, 0.3) is 21.6 Å². The number of aromatic nitrogens is 3. The molecule has 6 nitrogen and oxygen atoms in total. The highest BCUT2D eigenvalue weighted by molar-refractivity contribution is 7.14. The number of benzene rings is 1. The fourth-order valence-corrected chi connectivity index (χ4v) is 2.83. The topological polar surface area (TPSA) is 79.9 Å². The van der Waals surface area contributed by atoms with E-state index in [4.69, 9.17) is 0 Å². The van der Waals surface area contributed by atoms with Gasteiger partial charge >= 0.3 is 6.09 Å². The van der Waals surface area contributed by atoms with Crippen molar-refractivity contribution in [1.29, 1.82) is 0 Å². The number of amides is 1. The third-order valence-corrected chi connectivity index (χ3v) is 4.11. The predicted molar refractivity (Wildman–Crippen MR) is 81.2 cm³/mol. The van der Waals surface area contributed by atoms with Crippen LogP contribution in [0.4, 0.5) is 4.79 Å². The minimum Gasteiger partial charge on any atom is -0.453 e. The number of alkyl carbamates (subject to hydrolysis) is 1. The highest BCUT2D eigenvalue weighted by atomic mass is 32.1. The Kier molecular flexibility index (Phi) is 3.57. The third kappa shape index (κ3) is 2.73. The van der Waals surface area contributed by atoms with E-state index in [1.54, 1.807) is 0 Å². The fraction of sp³-hybridized carbons (Fsp3) is 0.214. The summed E-state index contributed by atoms with van der Waals surface area (Å²) in [6.45, 7) is 2.38. The van der Waals surface area contributed by atoms with Crippen molar-refractivity contribution in [2.24, 2.45) is 0 Å². The minimum absolute atomic E-state index is 0.309. The van der Waals surface area contributed by atoms with Gasteiger partial charge in [-0.15, -0.1) is 10.2 Å². The number of nitrogens with zero attached hydrogens (tertiary/aromatic N) is 2. The predicted octanol–water partition coefficient (Wildman–Crippen LogP) is 2.85. The molecule has 0 saturated carbocycles. The molecule has 0 aliphatic carbocycles. The first-order valence-electron chi connectivity index (χ1n) is 6.40. The summed E-state index contributed by atoms with van der Waals surface area (Å²) in [4.78, 5) is 14.4. The van der Waals surface area contributed by atoms with Gasteiger partial charge in [0.2, 0.25) is 0 Å². The van der Waals surface area contributed by atoms with Crippen LogP contribution in [0.2, 0.25) is 0 Å². The summed E-state index contributed by atoms with van der Waals surface area (Å²) in [7, 11) is 1.33. The van der Waals surface area contributed by atoms with E-state index in [1.807, 2.05) is 12.1 Å². The van der Waals surface area contributed by atoms with Crippen LogP contribution < -0.4 is 5.32 Å². The Balaban J connectivity index is 1.84. The maximum Gasteiger partial charge on any atom is 0.407 e. The number of aryl methyl sites for hydroxylation is 1. The van der Waals surface area contributed by atoms with Crippen LogP contribution in [-0.4, -0.2) is 28.4 Å². The summed E-state index contributed by atoms with van der Waals surface area (Å²) >= 11 is 1.44. The van der Waals surface area contributed by atoms with E-state index in [2.05, 4.69) is 44.3 Å². The quantitative estimate of drug-likeness (QED) is 0.779. The van der Waals surface area contributed by atoms with Gasteiger partial charge in [0.05, 0.1) is 19.3 Å². The first kappa shape index (κ1) is 13.6. The van der Waals surface area contributed by atoms with Crippen LogP contribution in [0.15, 0.2) is 24.3 Å². The van der Waals surface area contributed by atoms with Crippen LogP contribution >= 0.6 is 11.3 Å². The number of hydrogen-bond acceptors (Lipinski definition) is 5. The molecular weight excluding hydrogens is 288 g/mol. The van der Waals surface area contributed by atoms with E-state index in [0.29, 0.717) is 6.54 Å². The molecule has 0 atom stereocenters. The first-order chi connectivity index (χ1) is 10.2. The molecule has 2 aromatic heterocycles. The molecule has 0 radical (unpaired) electrons. The number of methoxy groups -OCH3 is 1. The molecule has 1 aromatic carbocycles. The van der Waals surface area contributed by atoms with E-state index < -0.39 is 6.09 Å². The van der Waals surface area contributed by atoms with Crippen LogP contribution in [0.5, 0.6) is 0 Å². The summed E-state index contributed by atoms with van der Waals surface area (Å²) in [5, 5.41) is 13.5. The van der Waals surface area contributed by atoms with Crippen molar-refractivity contribution >= 4 is 28.3 Å². The van der Waals surface area contributed by atoms with Crippen molar-refractivity contribution in [2.75, 3.05) is 7.11 Å². The van der Waals surface area contributed by atoms with Crippen molar-refractivity contribution in [3.8, 4) is 10.7 Å². The van der Waals surface area contributed by atoms with E-state index in [9.17, 15) is 4.79 Å². The maximum atomic E-state index is 11.0. The van der Waals surface area contributed by atoms with Crippen LogP contribution in [-0.2, 0) is 11.3 Å². The Morgan fingerprint density at radius 2 is 2.29 bits per heavy atom. The summed E-state index contributed by atoms with van der Waals surface area (Å²) in [5.74, 6) is 0. The van der Waals surface area contributed by atoms with Gasteiger partial charge in [-0.05, 0) is 24.6 Å². The lowest BCUT2D eigenvalue weighted by molar-refractivity contribution is 0.170. The van der Waals surface area contributed by atoms with Crippen molar-refractivity contribution in [3.05, 3.63) is 34.8 Å². The summed E-state index contributed by atoms with van der Waals surface area (Å²) in [6, 6.07) is 8.20. The third-order valence-electron chi connectivity index (χ3n) is 3.15. The number of fused-ring (bicyclic) bond motifs is 1. The molecule has 7 heteroatoms. The van der Waals surface area contributed by atoms with Crippen LogP contribution in [0, 0.1) is 6.92 Å². The van der Waals surface area contributed by atoms with E-state index in [-0.39, 0.29) is 0 Å². The molecule has 2 N–H and O–H groups in total. The van der Waals surface area contributed by atoms with E-state index in [0.717, 1.165) is 21.2 Å². The lowest BCUT2D eigenvalue weighted by atomic mass is 10.1. The highest BCUT2D eigenvalue weighted by Gasteiger charge is 2.11. The number of nitrogens with one attached hydrogen (secondary N) is 2. The van der Waals surface area contributed by atoms with Crippen molar-refractivity contribution in [1.82, 2.24) is 20.5 Å². The van der Waals surface area contributed by atoms with Gasteiger partial charge in [-0.2, -0.15) is 0 Å². The Labute approximate surface area is 125 Å². The molecule has 0 aliphatic rings. The normalized spacial score (nSPS) is 10.8. The zero-order valence-corrected chi connectivity index (χ0v) is 12.5. The van der Waals surface area contributed by atoms with Gasteiger partial charge in [-0.1, -0.05) is 23.5 Å². The molecule has 0 unspecified atom stereocenters. The molecule has 21 heavy (non-hydrogen) atoms. The highest BCUT2D eigenvalue weighted by Crippen LogP contribution is 2.28. The largest absolute Gasteiger partial charge is 0.453 e. The van der Waals surface area contributed by atoms with E-state index in [1.165, 1.54) is 29.4 Å². The van der Waals surface area contributed by atoms with Gasteiger partial charge in [-0.3, -0.25) is 0 Å². The number of aromatic amines is 1. The molecule has 3 rings (SSSR count). The van der Waals surface area contributed by atoms with Gasteiger partial charge < -0.3 is 15.0 Å². The zero-order chi connectivity index (χ0) is 14.8. The SMILES string of the molecule is COC(=O)NCc1nnc(-c2cc3c(C)cccc3[nH]2)s1. The standard InChI is InChI=1S/C14H14N4O2S/c1-8-4-3-5-10-9(8)6-11(16-10)13-18-17-12(21-13)7-15-14(19)20-2/h3-6,16H,7H2,1-2H3,(H,15,19). The second-order valence-electron chi connectivity index (χ2n) is 4.57. The summed E-state index contributed by atoms with van der Waals surface area (Å²) in [6.07, 6.45) is -0.479. The molecule has 108 valence electrons. The number of rotatable bonds is 3. The number of carbonyl (C=O) groups excluding carboxylic acids is 1. The Bertz CT molecular complexity index is 793. The first-order valence-corrected chi connectivity index (χ1v) is 7.22. The average Bonchev–Trinajstić information content (AvgIpc) is 3.11. The number of carbonyl (C=O) groups is 1. The number of H-pyrrole nitrogens is 1. The monoisotopic (exact) mass is 302 g/mol. The van der Waals surface area contributed by atoms with Crippen molar-refractivity contribution in [3.63, 3.8) is 0 Å². The maximum absolute atomic E-state index is 11.0. The molecule has 1 amide bonds. The summed E-state index contributed by atoms with van der Waals surface area (Å²) in [5.41, 5.74) is 3.22. The molecule has 0 fully saturated rings. The minimum atomic E-state index is -0.479. The smallest absolute Gasteiger partial charge is 0.407 e. The van der Waals surface area contributed by atoms with Gasteiger partial charge in [0, 0.05) is 10.9 Å². The number of ether oxygens (including phenoxy) is 1. The van der Waals surface area contributed by atoms with E-state index >= 15 is 0 Å². The molecule has 0 spiro atoms. The molecule has 0 bridgehead atoms. The van der Waals surface area contributed by atoms with Crippen LogP contribution in [0.1, 0.15) is 10.6 Å². The summed E-state index contributed by atoms with van der Waals surface area (Å²) < 4.78 is 4.52. The van der Waals surface area contributed by atoms with Gasteiger partial charge in [-0.25, -0.2) is 4.79 Å². The van der Waals surface area contributed by atoms with Crippen molar-refractivity contribution < 1.29 is 9.53 Å². The number of hydrogen-bond donors (Lipinski definition) is 2. The molecule has 0 saturated heterocycles. The van der Waals surface area contributed by atoms with Gasteiger partial charge in [0.25, 0.3) is 0 Å². The Morgan fingerprint density at radius 1 is 1.43 bits per heavy atom. The average molecular weight is 302 g/mol. The lowest BCUT2D eigenvalue weighted by Gasteiger charge is -1.98. The van der Waals surface area contributed by atoms with Crippen LogP contribution in [0.3, 0.4) is 0 Å².